The summed E-state index contributed by atoms with van der Waals surface area (Å²) in [4.78, 5) is 18.3. The Kier molecular flexibility index (Phi) is 5.22. The normalized spacial score (nSPS) is 16.2. The van der Waals surface area contributed by atoms with Crippen molar-refractivity contribution in [2.75, 3.05) is 13.1 Å². The Hall–Kier alpha value is -2.25. The molecule has 0 radical (unpaired) electrons. The van der Waals surface area contributed by atoms with Gasteiger partial charge in [0.25, 0.3) is 11.7 Å². The summed E-state index contributed by atoms with van der Waals surface area (Å²) in [6.45, 7) is 4.67. The number of aliphatic hydroxyl groups excluding tert-OH is 1. The average Bonchev–Trinajstić information content (AvgIpc) is 3.02. The number of benzene rings is 1. The van der Waals surface area contributed by atoms with Gasteiger partial charge in [0.2, 0.25) is 5.89 Å². The number of carbonyl (C=O) groups excluding carboxylic acids is 1. The fourth-order valence-corrected chi connectivity index (χ4v) is 2.85. The lowest BCUT2D eigenvalue weighted by Gasteiger charge is -2.30. The van der Waals surface area contributed by atoms with E-state index in [2.05, 4.69) is 26.4 Å². The highest BCUT2D eigenvalue weighted by Crippen LogP contribution is 2.16. The fraction of sp³-hybridized carbons (Fsp3) is 0.471. The van der Waals surface area contributed by atoms with Crippen molar-refractivity contribution in [3.63, 3.8) is 0 Å². The maximum atomic E-state index is 12.0. The summed E-state index contributed by atoms with van der Waals surface area (Å²) in [6, 6.07) is 8.05. The molecule has 1 aromatic carbocycles. The molecule has 1 aliphatic heterocycles. The third kappa shape index (κ3) is 4.18. The van der Waals surface area contributed by atoms with Crippen molar-refractivity contribution in [2.45, 2.75) is 39.0 Å². The molecular weight excluding hydrogens is 308 g/mol. The number of carbonyl (C=O) groups is 1. The van der Waals surface area contributed by atoms with Crippen LogP contribution in [0.2, 0.25) is 0 Å². The molecule has 0 bridgehead atoms. The molecule has 3 rings (SSSR count). The molecule has 2 heterocycles. The summed E-state index contributed by atoms with van der Waals surface area (Å²) in [5.74, 6) is 0.0746. The number of hydrogen-bond acceptors (Lipinski definition) is 6. The number of aliphatic hydroxyl groups is 1. The minimum absolute atomic E-state index is 0.0509. The van der Waals surface area contributed by atoms with Gasteiger partial charge in [0.15, 0.2) is 0 Å². The Morgan fingerprint density at radius 3 is 2.71 bits per heavy atom. The zero-order chi connectivity index (χ0) is 16.9. The molecule has 128 valence electrons. The Morgan fingerprint density at radius 1 is 1.33 bits per heavy atom. The molecule has 0 spiro atoms. The van der Waals surface area contributed by atoms with Gasteiger partial charge in [0.1, 0.15) is 0 Å². The molecule has 1 aromatic heterocycles. The number of amides is 1. The monoisotopic (exact) mass is 330 g/mol. The first-order chi connectivity index (χ1) is 11.6. The lowest BCUT2D eigenvalue weighted by Crippen LogP contribution is -2.35. The Labute approximate surface area is 140 Å². The predicted octanol–water partition coefficient (Wildman–Crippen LogP) is 1.26. The van der Waals surface area contributed by atoms with E-state index in [1.807, 2.05) is 18.2 Å². The van der Waals surface area contributed by atoms with Crippen LogP contribution in [0.3, 0.4) is 0 Å². The first-order valence-corrected chi connectivity index (χ1v) is 8.17. The lowest BCUT2D eigenvalue weighted by molar-refractivity contribution is 0.0790. The van der Waals surface area contributed by atoms with Crippen LogP contribution in [0.5, 0.6) is 0 Å². The van der Waals surface area contributed by atoms with E-state index in [1.54, 1.807) is 6.92 Å². The van der Waals surface area contributed by atoms with Crippen LogP contribution in [0.4, 0.5) is 0 Å². The minimum Gasteiger partial charge on any atom is -0.393 e. The first kappa shape index (κ1) is 16.6. The third-order valence-corrected chi connectivity index (χ3v) is 4.24. The summed E-state index contributed by atoms with van der Waals surface area (Å²) in [5.41, 5.74) is 2.25. The number of nitrogens with one attached hydrogen (secondary N) is 1. The molecule has 1 aliphatic rings. The quantitative estimate of drug-likeness (QED) is 0.858. The molecule has 0 unspecified atom stereocenters. The van der Waals surface area contributed by atoms with Gasteiger partial charge in [0.05, 0.1) is 6.10 Å². The van der Waals surface area contributed by atoms with Crippen molar-refractivity contribution in [3.8, 4) is 0 Å². The second-order valence-corrected chi connectivity index (χ2v) is 6.10. The van der Waals surface area contributed by atoms with Gasteiger partial charge >= 0.3 is 0 Å². The number of rotatable bonds is 5. The summed E-state index contributed by atoms with van der Waals surface area (Å²) in [7, 11) is 0. The van der Waals surface area contributed by atoms with E-state index < -0.39 is 0 Å². The number of piperidine rings is 1. The molecule has 2 aromatic rings. The first-order valence-electron chi connectivity index (χ1n) is 8.17. The molecule has 0 aliphatic carbocycles. The standard InChI is InChI=1S/C17H22N4O3/c1-12-19-16(20-24-12)17(23)18-10-13-4-2-3-5-14(13)11-21-8-6-15(22)7-9-21/h2-5,15,22H,6-11H2,1H3,(H,18,23). The zero-order valence-electron chi connectivity index (χ0n) is 13.7. The number of likely N-dealkylation sites (tertiary alicyclic amines) is 1. The lowest BCUT2D eigenvalue weighted by atomic mass is 10.0. The Morgan fingerprint density at radius 2 is 2.04 bits per heavy atom. The molecule has 7 heteroatoms. The van der Waals surface area contributed by atoms with Crippen LogP contribution < -0.4 is 5.32 Å². The fourth-order valence-electron chi connectivity index (χ4n) is 2.85. The number of aryl methyl sites for hydroxylation is 1. The highest BCUT2D eigenvalue weighted by atomic mass is 16.5. The van der Waals surface area contributed by atoms with Crippen LogP contribution in [-0.2, 0) is 13.1 Å². The van der Waals surface area contributed by atoms with Crippen LogP contribution in [-0.4, -0.2) is 45.2 Å². The van der Waals surface area contributed by atoms with Crippen molar-refractivity contribution < 1.29 is 14.4 Å². The van der Waals surface area contributed by atoms with Gasteiger partial charge in [-0.2, -0.15) is 4.98 Å². The van der Waals surface area contributed by atoms with Crippen LogP contribution in [0.1, 0.15) is 40.5 Å². The van der Waals surface area contributed by atoms with Gasteiger partial charge < -0.3 is 14.9 Å². The minimum atomic E-state index is -0.345. The van der Waals surface area contributed by atoms with Gasteiger partial charge in [-0.15, -0.1) is 0 Å². The molecular formula is C17H22N4O3. The van der Waals surface area contributed by atoms with Crippen molar-refractivity contribution >= 4 is 5.91 Å². The van der Waals surface area contributed by atoms with Gasteiger partial charge in [-0.05, 0) is 24.0 Å². The summed E-state index contributed by atoms with van der Waals surface area (Å²) in [5, 5.41) is 16.1. The Bertz CT molecular complexity index is 693. The molecule has 24 heavy (non-hydrogen) atoms. The number of hydrogen-bond donors (Lipinski definition) is 2. The highest BCUT2D eigenvalue weighted by Gasteiger charge is 2.18. The highest BCUT2D eigenvalue weighted by molar-refractivity contribution is 5.90. The van der Waals surface area contributed by atoms with Crippen molar-refractivity contribution in [2.24, 2.45) is 0 Å². The molecule has 1 fully saturated rings. The maximum absolute atomic E-state index is 12.0. The number of nitrogens with zero attached hydrogens (tertiary/aromatic N) is 3. The molecule has 1 saturated heterocycles. The van der Waals surface area contributed by atoms with Crippen molar-refractivity contribution in [1.29, 1.82) is 0 Å². The summed E-state index contributed by atoms with van der Waals surface area (Å²) >= 11 is 0. The van der Waals surface area contributed by atoms with Crippen LogP contribution >= 0.6 is 0 Å². The van der Waals surface area contributed by atoms with Crippen LogP contribution in [0.25, 0.3) is 0 Å². The average molecular weight is 330 g/mol. The largest absolute Gasteiger partial charge is 0.393 e. The Balaban J connectivity index is 1.60. The van der Waals surface area contributed by atoms with Crippen molar-refractivity contribution in [3.05, 3.63) is 47.1 Å². The van der Waals surface area contributed by atoms with Crippen molar-refractivity contribution in [1.82, 2.24) is 20.4 Å². The van der Waals surface area contributed by atoms with Crippen LogP contribution in [0.15, 0.2) is 28.8 Å². The second-order valence-electron chi connectivity index (χ2n) is 6.10. The number of aromatic nitrogens is 2. The molecule has 1 amide bonds. The van der Waals surface area contributed by atoms with E-state index in [9.17, 15) is 9.90 Å². The van der Waals surface area contributed by atoms with E-state index in [4.69, 9.17) is 4.52 Å². The maximum Gasteiger partial charge on any atom is 0.292 e. The zero-order valence-corrected chi connectivity index (χ0v) is 13.7. The summed E-state index contributed by atoms with van der Waals surface area (Å²) < 4.78 is 4.82. The second kappa shape index (κ2) is 7.55. The molecule has 0 saturated carbocycles. The molecule has 0 atom stereocenters. The smallest absolute Gasteiger partial charge is 0.292 e. The van der Waals surface area contributed by atoms with E-state index in [0.29, 0.717) is 12.4 Å². The topological polar surface area (TPSA) is 91.5 Å². The third-order valence-electron chi connectivity index (χ3n) is 4.24. The van der Waals surface area contributed by atoms with Crippen LogP contribution in [0, 0.1) is 6.92 Å². The van der Waals surface area contributed by atoms with Gasteiger partial charge in [-0.3, -0.25) is 9.69 Å². The summed E-state index contributed by atoms with van der Waals surface area (Å²) in [6.07, 6.45) is 1.46. The molecule has 7 nitrogen and oxygen atoms in total. The SMILES string of the molecule is Cc1nc(C(=O)NCc2ccccc2CN2CCC(O)CC2)no1. The predicted molar refractivity (Wildman–Crippen MR) is 87.2 cm³/mol. The van der Waals surface area contributed by atoms with E-state index in [-0.39, 0.29) is 17.8 Å². The van der Waals surface area contributed by atoms with E-state index in [0.717, 1.165) is 38.0 Å². The van der Waals surface area contributed by atoms with Gasteiger partial charge in [0, 0.05) is 33.1 Å². The van der Waals surface area contributed by atoms with E-state index in [1.165, 1.54) is 5.56 Å². The van der Waals surface area contributed by atoms with E-state index >= 15 is 0 Å². The molecule has 2 N–H and O–H groups in total. The van der Waals surface area contributed by atoms with Gasteiger partial charge in [-0.25, -0.2) is 0 Å². The van der Waals surface area contributed by atoms with Gasteiger partial charge in [-0.1, -0.05) is 29.4 Å².